The van der Waals surface area contributed by atoms with Crippen molar-refractivity contribution in [2.24, 2.45) is 0 Å². The smallest absolute Gasteiger partial charge is 0.600 e. The van der Waals surface area contributed by atoms with Gasteiger partial charge in [0, 0.05) is 0 Å². The summed E-state index contributed by atoms with van der Waals surface area (Å²) in [4.78, 5) is 0. The second-order valence-electron chi connectivity index (χ2n) is 3.80. The van der Waals surface area contributed by atoms with Crippen molar-refractivity contribution in [3.8, 4) is 23.0 Å². The van der Waals surface area contributed by atoms with E-state index in [1.54, 1.807) is 0 Å². The minimum atomic E-state index is -3.08. The first kappa shape index (κ1) is 11.5. The molecule has 2 aromatic rings. The Kier molecular flexibility index (Phi) is 2.56. The van der Waals surface area contributed by atoms with Gasteiger partial charge in [0.25, 0.3) is 0 Å². The molecule has 0 atom stereocenters. The molecular formula is C12H8LiO4Si. The zero-order valence-corrected chi connectivity index (χ0v) is 10.8. The summed E-state index contributed by atoms with van der Waals surface area (Å²) in [5.41, 5.74) is 0. The minimum Gasteiger partial charge on any atom is -0.600 e. The van der Waals surface area contributed by atoms with Crippen LogP contribution in [0.4, 0.5) is 0 Å². The Bertz CT molecular complexity index is 497. The third kappa shape index (κ3) is 1.60. The number of para-hydroxylation sites is 4. The number of rotatable bonds is 0. The Balaban J connectivity index is 0.000001000. The number of hydrogen-bond acceptors (Lipinski definition) is 4. The molecule has 0 aromatic heterocycles. The Labute approximate surface area is 117 Å². The minimum absolute atomic E-state index is 0. The molecule has 0 aliphatic carbocycles. The van der Waals surface area contributed by atoms with E-state index < -0.39 is 9.05 Å². The van der Waals surface area contributed by atoms with Crippen LogP contribution in [-0.2, 0) is 0 Å². The fraction of sp³-hybridized carbons (Fsp3) is 0. The van der Waals surface area contributed by atoms with Crippen LogP contribution in [0, 0.1) is 0 Å². The standard InChI is InChI=1S/C12H8O4Si.Li/c1-2-6-10-9(5-1)13-17(14-10)15-11-7-3-4-8-12(11)16-17;/h1-8H;/q-1;+1. The predicted molar refractivity (Wildman–Crippen MR) is 61.2 cm³/mol. The van der Waals surface area contributed by atoms with Crippen LogP contribution < -0.4 is 36.6 Å². The topological polar surface area (TPSA) is 36.9 Å². The van der Waals surface area contributed by atoms with Crippen LogP contribution in [0.3, 0.4) is 0 Å². The van der Waals surface area contributed by atoms with E-state index in [4.69, 9.17) is 17.7 Å². The molecule has 85 valence electrons. The molecule has 2 aromatic carbocycles. The molecule has 0 fully saturated rings. The van der Waals surface area contributed by atoms with Crippen LogP contribution >= 0.6 is 0 Å². The SMILES string of the molecule is [Li+].c1ccc2c(c1)O[Si-]1(O2)Oc2ccccc2O1. The van der Waals surface area contributed by atoms with Gasteiger partial charge in [-0.2, -0.15) is 0 Å². The summed E-state index contributed by atoms with van der Waals surface area (Å²) in [5.74, 6) is 2.69. The van der Waals surface area contributed by atoms with E-state index in [0.717, 1.165) is 0 Å². The van der Waals surface area contributed by atoms with Crippen molar-refractivity contribution in [1.82, 2.24) is 0 Å². The maximum atomic E-state index is 5.71. The predicted octanol–water partition coefficient (Wildman–Crippen LogP) is -0.631. The molecule has 4 nitrogen and oxygen atoms in total. The molecule has 4 rings (SSSR count). The zero-order valence-electron chi connectivity index (χ0n) is 9.75. The average Bonchev–Trinajstić information content (AvgIpc) is 2.87. The molecule has 18 heavy (non-hydrogen) atoms. The summed E-state index contributed by atoms with van der Waals surface area (Å²) in [6.45, 7) is 0. The van der Waals surface area contributed by atoms with Crippen molar-refractivity contribution in [1.29, 1.82) is 0 Å². The molecule has 1 spiro atoms. The van der Waals surface area contributed by atoms with Gasteiger partial charge in [-0.25, -0.2) is 0 Å². The van der Waals surface area contributed by atoms with Crippen molar-refractivity contribution in [3.05, 3.63) is 48.5 Å². The molecule has 0 unspecified atom stereocenters. The summed E-state index contributed by atoms with van der Waals surface area (Å²) < 4.78 is 22.8. The molecule has 0 saturated heterocycles. The Morgan fingerprint density at radius 1 is 0.556 bits per heavy atom. The van der Waals surface area contributed by atoms with Crippen LogP contribution in [0.15, 0.2) is 48.5 Å². The summed E-state index contributed by atoms with van der Waals surface area (Å²) in [6, 6.07) is 14.9. The van der Waals surface area contributed by atoms with E-state index in [9.17, 15) is 0 Å². The van der Waals surface area contributed by atoms with Crippen molar-refractivity contribution >= 4 is 9.05 Å². The van der Waals surface area contributed by atoms with Crippen molar-refractivity contribution in [2.75, 3.05) is 0 Å². The van der Waals surface area contributed by atoms with Crippen LogP contribution in [0.2, 0.25) is 0 Å². The van der Waals surface area contributed by atoms with Crippen molar-refractivity contribution in [3.63, 3.8) is 0 Å². The molecule has 0 saturated carbocycles. The van der Waals surface area contributed by atoms with Gasteiger partial charge < -0.3 is 17.7 Å². The summed E-state index contributed by atoms with van der Waals surface area (Å²) in [6.07, 6.45) is 0. The van der Waals surface area contributed by atoms with Gasteiger partial charge in [-0.05, 0) is 24.3 Å². The number of fused-ring (bicyclic) bond motifs is 2. The van der Waals surface area contributed by atoms with E-state index in [1.165, 1.54) is 0 Å². The molecule has 0 N–H and O–H groups in total. The normalized spacial score (nSPS) is 16.4. The summed E-state index contributed by atoms with van der Waals surface area (Å²) >= 11 is 0. The molecule has 0 bridgehead atoms. The van der Waals surface area contributed by atoms with Gasteiger partial charge in [-0.1, -0.05) is 24.3 Å². The molecule has 2 aliphatic heterocycles. The fourth-order valence-electron chi connectivity index (χ4n) is 1.90. The van der Waals surface area contributed by atoms with Crippen LogP contribution in [-0.4, -0.2) is 9.05 Å². The van der Waals surface area contributed by atoms with Gasteiger partial charge in [-0.15, -0.1) is 0 Å². The van der Waals surface area contributed by atoms with Gasteiger partial charge >= 0.3 is 27.9 Å². The van der Waals surface area contributed by atoms with E-state index in [0.29, 0.717) is 23.0 Å². The Morgan fingerprint density at radius 3 is 1.11 bits per heavy atom. The van der Waals surface area contributed by atoms with E-state index >= 15 is 0 Å². The third-order valence-electron chi connectivity index (χ3n) is 2.64. The van der Waals surface area contributed by atoms with Gasteiger partial charge in [0.2, 0.25) is 0 Å². The van der Waals surface area contributed by atoms with Gasteiger partial charge in [-0.3, -0.25) is 0 Å². The maximum absolute atomic E-state index is 5.71. The van der Waals surface area contributed by atoms with Crippen molar-refractivity contribution < 1.29 is 36.6 Å². The van der Waals surface area contributed by atoms with E-state index in [2.05, 4.69) is 0 Å². The van der Waals surface area contributed by atoms with Crippen LogP contribution in [0.25, 0.3) is 0 Å². The molecule has 2 heterocycles. The maximum Gasteiger partial charge on any atom is 1.00 e. The molecule has 6 heteroatoms. The average molecular weight is 251 g/mol. The van der Waals surface area contributed by atoms with Crippen LogP contribution in [0.5, 0.6) is 23.0 Å². The van der Waals surface area contributed by atoms with Crippen molar-refractivity contribution in [2.45, 2.75) is 0 Å². The van der Waals surface area contributed by atoms with Gasteiger partial charge in [0.15, 0.2) is 0 Å². The third-order valence-corrected chi connectivity index (χ3v) is 4.52. The van der Waals surface area contributed by atoms with Gasteiger partial charge in [0.05, 0.1) is 0 Å². The fourth-order valence-corrected chi connectivity index (χ4v) is 3.90. The second kappa shape index (κ2) is 3.99. The van der Waals surface area contributed by atoms with Gasteiger partial charge in [0.1, 0.15) is 23.0 Å². The van der Waals surface area contributed by atoms with Crippen LogP contribution in [0.1, 0.15) is 0 Å². The summed E-state index contributed by atoms with van der Waals surface area (Å²) in [7, 11) is -3.08. The first-order valence-electron chi connectivity index (χ1n) is 5.29. The van der Waals surface area contributed by atoms with E-state index in [-0.39, 0.29) is 18.9 Å². The molecule has 0 radical (unpaired) electrons. The monoisotopic (exact) mass is 251 g/mol. The molecule has 2 aliphatic rings. The largest absolute Gasteiger partial charge is 1.00 e. The Morgan fingerprint density at radius 2 is 0.833 bits per heavy atom. The number of hydrogen-bond donors (Lipinski definition) is 0. The molecular weight excluding hydrogens is 243 g/mol. The van der Waals surface area contributed by atoms with E-state index in [1.807, 2.05) is 48.5 Å². The molecule has 0 amide bonds. The Hall–Kier alpha value is -1.55. The first-order valence-corrected chi connectivity index (χ1v) is 6.92. The zero-order chi connectivity index (χ0) is 11.3. The quantitative estimate of drug-likeness (QED) is 0.584. The first-order chi connectivity index (χ1) is 8.35. The second-order valence-corrected chi connectivity index (χ2v) is 5.62. The number of benzene rings is 2. The summed E-state index contributed by atoms with van der Waals surface area (Å²) in [5, 5.41) is 0.